The molecule has 2 aliphatic rings. The Hall–Kier alpha value is -1.64. The number of nitro benzene ring substituents is 1. The number of ether oxygens (including phenoxy) is 1. The number of nitrogens with zero attached hydrogens (tertiary/aromatic N) is 3. The number of benzene rings is 1. The summed E-state index contributed by atoms with van der Waals surface area (Å²) in [5, 5.41) is 15.6. The van der Waals surface area contributed by atoms with Gasteiger partial charge >= 0.3 is 0 Å². The number of thiocarbonyl (C=S) groups is 1. The first-order chi connectivity index (χ1) is 12.0. The number of anilines is 1. The Morgan fingerprint density at radius 2 is 2.16 bits per heavy atom. The second kappa shape index (κ2) is 8.16. The fraction of sp³-hybridized carbons (Fsp3) is 0.562. The van der Waals surface area contributed by atoms with Crippen LogP contribution in [-0.4, -0.2) is 60.4 Å². The molecule has 136 valence electrons. The van der Waals surface area contributed by atoms with Crippen LogP contribution in [0.15, 0.2) is 18.2 Å². The van der Waals surface area contributed by atoms with Crippen LogP contribution < -0.4 is 10.2 Å². The number of halogens is 1. The summed E-state index contributed by atoms with van der Waals surface area (Å²) in [6.45, 7) is 4.35. The highest BCUT2D eigenvalue weighted by molar-refractivity contribution is 7.80. The summed E-state index contributed by atoms with van der Waals surface area (Å²) in [4.78, 5) is 15.0. The molecule has 1 atom stereocenters. The summed E-state index contributed by atoms with van der Waals surface area (Å²) in [6, 6.07) is 4.80. The van der Waals surface area contributed by atoms with E-state index in [1.807, 2.05) is 4.90 Å². The molecule has 0 saturated carbocycles. The minimum absolute atomic E-state index is 0.0417. The van der Waals surface area contributed by atoms with Gasteiger partial charge in [0.25, 0.3) is 5.69 Å². The average Bonchev–Trinajstić information content (AvgIpc) is 3.13. The molecule has 0 spiro atoms. The summed E-state index contributed by atoms with van der Waals surface area (Å²) in [5.74, 6) is 0. The second-order valence-electron chi connectivity index (χ2n) is 6.19. The lowest BCUT2D eigenvalue weighted by atomic mass is 10.2. The van der Waals surface area contributed by atoms with Gasteiger partial charge in [-0.25, -0.2) is 0 Å². The zero-order chi connectivity index (χ0) is 17.8. The van der Waals surface area contributed by atoms with Gasteiger partial charge in [-0.3, -0.25) is 10.1 Å². The van der Waals surface area contributed by atoms with Crippen molar-refractivity contribution in [2.75, 3.05) is 44.2 Å². The fourth-order valence-electron chi connectivity index (χ4n) is 3.18. The quantitative estimate of drug-likeness (QED) is 0.485. The molecule has 0 aliphatic carbocycles. The molecule has 0 amide bonds. The van der Waals surface area contributed by atoms with Crippen LogP contribution in [0.1, 0.15) is 12.8 Å². The molecule has 2 saturated heterocycles. The average molecular weight is 385 g/mol. The lowest BCUT2D eigenvalue weighted by molar-refractivity contribution is -0.384. The fourth-order valence-corrected chi connectivity index (χ4v) is 3.61. The maximum absolute atomic E-state index is 11.3. The van der Waals surface area contributed by atoms with Crippen molar-refractivity contribution in [3.8, 4) is 0 Å². The van der Waals surface area contributed by atoms with E-state index in [4.69, 9.17) is 28.6 Å². The van der Waals surface area contributed by atoms with Crippen molar-refractivity contribution in [2.45, 2.75) is 18.9 Å². The third kappa shape index (κ3) is 4.50. The van der Waals surface area contributed by atoms with Crippen LogP contribution in [0.25, 0.3) is 0 Å². The van der Waals surface area contributed by atoms with Crippen LogP contribution in [-0.2, 0) is 4.74 Å². The lowest BCUT2D eigenvalue weighted by Crippen LogP contribution is -2.52. The highest BCUT2D eigenvalue weighted by Crippen LogP contribution is 2.31. The molecule has 2 fully saturated rings. The smallest absolute Gasteiger partial charge is 0.294 e. The van der Waals surface area contributed by atoms with Gasteiger partial charge in [0, 0.05) is 50.4 Å². The Kier molecular flexibility index (Phi) is 5.93. The summed E-state index contributed by atoms with van der Waals surface area (Å²) in [6.07, 6.45) is 2.43. The highest BCUT2D eigenvalue weighted by Gasteiger charge is 2.25. The van der Waals surface area contributed by atoms with Crippen molar-refractivity contribution in [2.24, 2.45) is 0 Å². The Morgan fingerprint density at radius 1 is 1.40 bits per heavy atom. The van der Waals surface area contributed by atoms with Crippen molar-refractivity contribution in [3.05, 3.63) is 33.3 Å². The first kappa shape index (κ1) is 18.2. The van der Waals surface area contributed by atoms with Gasteiger partial charge in [0.15, 0.2) is 5.11 Å². The van der Waals surface area contributed by atoms with Gasteiger partial charge < -0.3 is 19.9 Å². The molecular weight excluding hydrogens is 364 g/mol. The van der Waals surface area contributed by atoms with Gasteiger partial charge in [0.05, 0.1) is 11.0 Å². The Labute approximate surface area is 157 Å². The van der Waals surface area contributed by atoms with E-state index < -0.39 is 0 Å². The predicted molar refractivity (Wildman–Crippen MR) is 101 cm³/mol. The minimum atomic E-state index is -0.388. The summed E-state index contributed by atoms with van der Waals surface area (Å²) in [5.41, 5.74) is 0.646. The van der Waals surface area contributed by atoms with Gasteiger partial charge in [0.2, 0.25) is 0 Å². The Morgan fingerprint density at radius 3 is 2.80 bits per heavy atom. The summed E-state index contributed by atoms with van der Waals surface area (Å²) < 4.78 is 5.59. The molecule has 1 aromatic carbocycles. The number of nitro groups is 1. The maximum atomic E-state index is 11.3. The topological polar surface area (TPSA) is 70.9 Å². The maximum Gasteiger partial charge on any atom is 0.294 e. The molecule has 2 heterocycles. The van der Waals surface area contributed by atoms with Crippen LogP contribution in [0.5, 0.6) is 0 Å². The molecule has 3 rings (SSSR count). The molecule has 7 nitrogen and oxygen atoms in total. The molecule has 0 bridgehead atoms. The Balaban J connectivity index is 1.55. The van der Waals surface area contributed by atoms with Crippen LogP contribution in [0.3, 0.4) is 0 Å². The second-order valence-corrected chi connectivity index (χ2v) is 7.01. The molecule has 0 radical (unpaired) electrons. The molecule has 25 heavy (non-hydrogen) atoms. The van der Waals surface area contributed by atoms with Gasteiger partial charge in [-0.1, -0.05) is 11.6 Å². The molecular formula is C16H21ClN4O3S. The monoisotopic (exact) mass is 384 g/mol. The third-order valence-corrected chi connectivity index (χ3v) is 5.18. The summed E-state index contributed by atoms with van der Waals surface area (Å²) in [7, 11) is 0. The Bertz CT molecular complexity index is 646. The van der Waals surface area contributed by atoms with Gasteiger partial charge in [0.1, 0.15) is 5.69 Å². The first-order valence-electron chi connectivity index (χ1n) is 8.38. The van der Waals surface area contributed by atoms with E-state index in [2.05, 4.69) is 10.2 Å². The van der Waals surface area contributed by atoms with Crippen molar-refractivity contribution >= 4 is 40.3 Å². The highest BCUT2D eigenvalue weighted by atomic mass is 35.5. The normalized spacial score (nSPS) is 20.6. The number of hydrogen-bond donors (Lipinski definition) is 1. The van der Waals surface area contributed by atoms with E-state index in [1.54, 1.807) is 12.1 Å². The van der Waals surface area contributed by atoms with Gasteiger partial charge in [-0.15, -0.1) is 0 Å². The predicted octanol–water partition coefficient (Wildman–Crippen LogP) is 2.42. The van der Waals surface area contributed by atoms with E-state index in [0.29, 0.717) is 23.8 Å². The molecule has 1 aromatic rings. The van der Waals surface area contributed by atoms with E-state index in [0.717, 1.165) is 44.2 Å². The SMILES string of the molecule is O=[N+]([O-])c1cc(Cl)ccc1N1CCN(C(=S)NC[C@H]2CCCO2)CC1. The van der Waals surface area contributed by atoms with E-state index >= 15 is 0 Å². The van der Waals surface area contributed by atoms with Crippen molar-refractivity contribution in [3.63, 3.8) is 0 Å². The number of nitrogens with one attached hydrogen (secondary N) is 1. The largest absolute Gasteiger partial charge is 0.376 e. The third-order valence-electron chi connectivity index (χ3n) is 4.55. The van der Waals surface area contributed by atoms with Crippen LogP contribution in [0.4, 0.5) is 11.4 Å². The van der Waals surface area contributed by atoms with Gasteiger partial charge in [-0.2, -0.15) is 0 Å². The van der Waals surface area contributed by atoms with E-state index in [-0.39, 0.29) is 16.7 Å². The van der Waals surface area contributed by atoms with Crippen molar-refractivity contribution in [1.29, 1.82) is 0 Å². The summed E-state index contributed by atoms with van der Waals surface area (Å²) >= 11 is 11.3. The minimum Gasteiger partial charge on any atom is -0.376 e. The van der Waals surface area contributed by atoms with Crippen LogP contribution >= 0.6 is 23.8 Å². The van der Waals surface area contributed by atoms with E-state index in [1.165, 1.54) is 6.07 Å². The molecule has 2 aliphatic heterocycles. The van der Waals surface area contributed by atoms with Gasteiger partial charge in [-0.05, 0) is 37.2 Å². The molecule has 0 unspecified atom stereocenters. The molecule has 9 heteroatoms. The lowest BCUT2D eigenvalue weighted by Gasteiger charge is -2.37. The zero-order valence-corrected chi connectivity index (χ0v) is 15.4. The van der Waals surface area contributed by atoms with Crippen LogP contribution in [0, 0.1) is 10.1 Å². The zero-order valence-electron chi connectivity index (χ0n) is 13.8. The molecule has 0 aromatic heterocycles. The van der Waals surface area contributed by atoms with Crippen molar-refractivity contribution < 1.29 is 9.66 Å². The first-order valence-corrected chi connectivity index (χ1v) is 9.16. The number of rotatable bonds is 4. The molecule has 1 N–H and O–H groups in total. The number of hydrogen-bond acceptors (Lipinski definition) is 5. The van der Waals surface area contributed by atoms with Crippen LogP contribution in [0.2, 0.25) is 5.02 Å². The standard InChI is InChI=1S/C16H21ClN4O3S/c17-12-3-4-14(15(10-12)21(22)23)19-5-7-20(8-6-19)16(25)18-11-13-2-1-9-24-13/h3-4,10,13H,1-2,5-9,11H2,(H,18,25)/t13-/m1/s1. The van der Waals surface area contributed by atoms with Crippen molar-refractivity contribution in [1.82, 2.24) is 10.2 Å². The van der Waals surface area contributed by atoms with E-state index in [9.17, 15) is 10.1 Å². The number of piperazine rings is 1.